The average molecular weight is 340 g/mol. The summed E-state index contributed by atoms with van der Waals surface area (Å²) in [5, 5.41) is 3.14. The van der Waals surface area contributed by atoms with Crippen LogP contribution in [-0.4, -0.2) is 44.0 Å². The van der Waals surface area contributed by atoms with E-state index in [4.69, 9.17) is 5.73 Å². The van der Waals surface area contributed by atoms with Gasteiger partial charge in [-0.15, -0.1) is 24.8 Å². The summed E-state index contributed by atoms with van der Waals surface area (Å²) in [7, 11) is 2.19. The smallest absolute Gasteiger partial charge is 0.223 e. The number of likely N-dealkylation sites (tertiary alicyclic amines) is 1. The number of amides is 1. The van der Waals surface area contributed by atoms with Crippen molar-refractivity contribution in [1.82, 2.24) is 10.2 Å². The summed E-state index contributed by atoms with van der Waals surface area (Å²) in [4.78, 5) is 14.5. The molecule has 0 aromatic rings. The number of halogens is 2. The van der Waals surface area contributed by atoms with Gasteiger partial charge in [-0.2, -0.15) is 0 Å². The summed E-state index contributed by atoms with van der Waals surface area (Å²) in [5.74, 6) is 1.65. The molecule has 126 valence electrons. The molecule has 1 aliphatic heterocycles. The van der Waals surface area contributed by atoms with Crippen molar-refractivity contribution in [3.8, 4) is 0 Å². The summed E-state index contributed by atoms with van der Waals surface area (Å²) < 4.78 is 0. The standard InChI is InChI=1S/C15H29N3O.2ClH/c1-18-9-6-12(7-10-18)5-8-17-15(19)14-4-2-3-13(14)11-16;;/h12-14H,2-11,16H2,1H3,(H,17,19);2*1H/t13-,14-;;/m1../s1. The van der Waals surface area contributed by atoms with Crippen LogP contribution in [0.15, 0.2) is 0 Å². The normalized spacial score (nSPS) is 26.8. The van der Waals surface area contributed by atoms with Crippen LogP contribution in [0.2, 0.25) is 0 Å². The third-order valence-corrected chi connectivity index (χ3v) is 4.99. The van der Waals surface area contributed by atoms with E-state index in [1.165, 1.54) is 25.9 Å². The summed E-state index contributed by atoms with van der Waals surface area (Å²) in [6.45, 7) is 3.92. The first-order valence-corrected chi connectivity index (χ1v) is 7.87. The van der Waals surface area contributed by atoms with Gasteiger partial charge < -0.3 is 16.0 Å². The van der Waals surface area contributed by atoms with Gasteiger partial charge in [0.05, 0.1) is 0 Å². The van der Waals surface area contributed by atoms with Gasteiger partial charge in [0.15, 0.2) is 0 Å². The van der Waals surface area contributed by atoms with Crippen LogP contribution in [0, 0.1) is 17.8 Å². The van der Waals surface area contributed by atoms with Crippen molar-refractivity contribution in [3.63, 3.8) is 0 Å². The molecule has 1 amide bonds. The van der Waals surface area contributed by atoms with Gasteiger partial charge in [0.1, 0.15) is 0 Å². The highest BCUT2D eigenvalue weighted by molar-refractivity contribution is 5.85. The molecule has 2 rings (SSSR count). The molecule has 0 aromatic heterocycles. The van der Waals surface area contributed by atoms with E-state index < -0.39 is 0 Å². The van der Waals surface area contributed by atoms with Gasteiger partial charge >= 0.3 is 0 Å². The van der Waals surface area contributed by atoms with Crippen LogP contribution in [0.1, 0.15) is 38.5 Å². The molecule has 0 aromatic carbocycles. The number of hydrogen-bond acceptors (Lipinski definition) is 3. The first-order chi connectivity index (χ1) is 9.20. The van der Waals surface area contributed by atoms with Gasteiger partial charge in [0, 0.05) is 12.5 Å². The van der Waals surface area contributed by atoms with Crippen molar-refractivity contribution in [2.45, 2.75) is 38.5 Å². The predicted molar refractivity (Wildman–Crippen MR) is 92.2 cm³/mol. The Morgan fingerprint density at radius 3 is 2.48 bits per heavy atom. The Morgan fingerprint density at radius 2 is 1.86 bits per heavy atom. The lowest BCUT2D eigenvalue weighted by molar-refractivity contribution is -0.126. The van der Waals surface area contributed by atoms with E-state index in [9.17, 15) is 4.79 Å². The lowest BCUT2D eigenvalue weighted by Crippen LogP contribution is -2.37. The lowest BCUT2D eigenvalue weighted by atomic mass is 9.93. The number of nitrogens with zero attached hydrogens (tertiary/aromatic N) is 1. The van der Waals surface area contributed by atoms with E-state index in [1.807, 2.05) is 0 Å². The van der Waals surface area contributed by atoms with Crippen molar-refractivity contribution in [2.75, 3.05) is 33.2 Å². The van der Waals surface area contributed by atoms with E-state index >= 15 is 0 Å². The van der Waals surface area contributed by atoms with E-state index in [1.54, 1.807) is 0 Å². The second-order valence-corrected chi connectivity index (χ2v) is 6.36. The number of nitrogens with one attached hydrogen (secondary N) is 1. The number of carbonyl (C=O) groups excluding carboxylic acids is 1. The number of nitrogens with two attached hydrogens (primary N) is 1. The van der Waals surface area contributed by atoms with Gasteiger partial charge in [-0.1, -0.05) is 6.42 Å². The zero-order chi connectivity index (χ0) is 13.7. The van der Waals surface area contributed by atoms with Crippen LogP contribution in [0.3, 0.4) is 0 Å². The molecular formula is C15H31Cl2N3O. The summed E-state index contributed by atoms with van der Waals surface area (Å²) >= 11 is 0. The highest BCUT2D eigenvalue weighted by Crippen LogP contribution is 2.31. The van der Waals surface area contributed by atoms with Crippen molar-refractivity contribution < 1.29 is 4.79 Å². The third kappa shape index (κ3) is 6.31. The van der Waals surface area contributed by atoms with Gasteiger partial charge in [0.2, 0.25) is 5.91 Å². The second kappa shape index (κ2) is 10.7. The van der Waals surface area contributed by atoms with Gasteiger partial charge in [-0.3, -0.25) is 4.79 Å². The lowest BCUT2D eigenvalue weighted by Gasteiger charge is -2.29. The molecule has 1 saturated heterocycles. The molecular weight excluding hydrogens is 309 g/mol. The Kier molecular flexibility index (Phi) is 10.6. The molecule has 4 nitrogen and oxygen atoms in total. The minimum Gasteiger partial charge on any atom is -0.356 e. The second-order valence-electron chi connectivity index (χ2n) is 6.36. The Labute approximate surface area is 141 Å². The molecule has 0 unspecified atom stereocenters. The first-order valence-electron chi connectivity index (χ1n) is 7.87. The van der Waals surface area contributed by atoms with Crippen LogP contribution in [0.5, 0.6) is 0 Å². The van der Waals surface area contributed by atoms with E-state index in [0.29, 0.717) is 12.5 Å². The predicted octanol–water partition coefficient (Wildman–Crippen LogP) is 2.05. The average Bonchev–Trinajstić information content (AvgIpc) is 2.89. The van der Waals surface area contributed by atoms with Gasteiger partial charge in [0.25, 0.3) is 0 Å². The maximum Gasteiger partial charge on any atom is 0.223 e. The van der Waals surface area contributed by atoms with Gasteiger partial charge in [-0.05, 0) is 70.6 Å². The summed E-state index contributed by atoms with van der Waals surface area (Å²) in [5.41, 5.74) is 5.74. The molecule has 2 aliphatic rings. The molecule has 21 heavy (non-hydrogen) atoms. The molecule has 6 heteroatoms. The van der Waals surface area contributed by atoms with Crippen LogP contribution in [-0.2, 0) is 4.79 Å². The van der Waals surface area contributed by atoms with Crippen LogP contribution in [0.4, 0.5) is 0 Å². The molecule has 3 N–H and O–H groups in total. The molecule has 1 saturated carbocycles. The zero-order valence-electron chi connectivity index (χ0n) is 13.1. The van der Waals surface area contributed by atoms with Crippen molar-refractivity contribution in [2.24, 2.45) is 23.5 Å². The summed E-state index contributed by atoms with van der Waals surface area (Å²) in [6.07, 6.45) is 7.02. The SMILES string of the molecule is CN1CCC(CCNC(=O)[C@@H]2CCC[C@@H]2CN)CC1.Cl.Cl. The quantitative estimate of drug-likeness (QED) is 0.805. The minimum atomic E-state index is 0. The van der Waals surface area contributed by atoms with Crippen molar-refractivity contribution in [1.29, 1.82) is 0 Å². The Bertz CT molecular complexity index is 297. The van der Waals surface area contributed by atoms with Crippen LogP contribution in [0.25, 0.3) is 0 Å². The fraction of sp³-hybridized carbons (Fsp3) is 0.933. The Balaban J connectivity index is 0.00000200. The molecule has 1 heterocycles. The van der Waals surface area contributed by atoms with E-state index in [2.05, 4.69) is 17.3 Å². The monoisotopic (exact) mass is 339 g/mol. The molecule has 0 radical (unpaired) electrons. The van der Waals surface area contributed by atoms with E-state index in [-0.39, 0.29) is 36.6 Å². The van der Waals surface area contributed by atoms with Crippen LogP contribution < -0.4 is 11.1 Å². The fourth-order valence-corrected chi connectivity index (χ4v) is 3.55. The number of rotatable bonds is 5. The topological polar surface area (TPSA) is 58.4 Å². The molecule has 2 fully saturated rings. The molecule has 1 aliphatic carbocycles. The molecule has 0 spiro atoms. The number of hydrogen-bond donors (Lipinski definition) is 2. The number of carbonyl (C=O) groups is 1. The first kappa shape index (κ1) is 21.0. The van der Waals surface area contributed by atoms with Crippen molar-refractivity contribution >= 4 is 30.7 Å². The Morgan fingerprint density at radius 1 is 1.19 bits per heavy atom. The highest BCUT2D eigenvalue weighted by Gasteiger charge is 2.31. The largest absolute Gasteiger partial charge is 0.356 e. The summed E-state index contributed by atoms with van der Waals surface area (Å²) in [6, 6.07) is 0. The minimum absolute atomic E-state index is 0. The molecule has 2 atom stereocenters. The Hall–Kier alpha value is -0.0300. The maximum atomic E-state index is 12.1. The van der Waals surface area contributed by atoms with Crippen molar-refractivity contribution in [3.05, 3.63) is 0 Å². The molecule has 0 bridgehead atoms. The zero-order valence-corrected chi connectivity index (χ0v) is 14.7. The number of piperidine rings is 1. The maximum absolute atomic E-state index is 12.1. The van der Waals surface area contributed by atoms with E-state index in [0.717, 1.165) is 38.1 Å². The van der Waals surface area contributed by atoms with Gasteiger partial charge in [-0.25, -0.2) is 0 Å². The highest BCUT2D eigenvalue weighted by atomic mass is 35.5. The third-order valence-electron chi connectivity index (χ3n) is 4.99. The van der Waals surface area contributed by atoms with Crippen LogP contribution >= 0.6 is 24.8 Å². The fourth-order valence-electron chi connectivity index (χ4n) is 3.55.